The van der Waals surface area contributed by atoms with E-state index in [4.69, 9.17) is 21.6 Å². The maximum atomic E-state index is 6.13. The molecule has 1 fully saturated rings. The van der Waals surface area contributed by atoms with Crippen LogP contribution in [-0.2, 0) is 12.8 Å². The second-order valence-electron chi connectivity index (χ2n) is 8.94. The molecule has 1 saturated heterocycles. The Morgan fingerprint density at radius 1 is 0.941 bits per heavy atom. The van der Waals surface area contributed by atoms with Crippen molar-refractivity contribution >= 4 is 39.8 Å². The molecule has 7 heteroatoms. The first kappa shape index (κ1) is 22.6. The third-order valence-electron chi connectivity index (χ3n) is 6.26. The highest BCUT2D eigenvalue weighted by atomic mass is 35.5. The molecular weight excluding hydrogens is 444 g/mol. The summed E-state index contributed by atoms with van der Waals surface area (Å²) >= 11 is 6.13. The summed E-state index contributed by atoms with van der Waals surface area (Å²) in [6.45, 7) is 6.10. The predicted molar refractivity (Wildman–Crippen MR) is 140 cm³/mol. The van der Waals surface area contributed by atoms with Crippen molar-refractivity contribution in [1.29, 1.82) is 0 Å². The normalized spacial score (nSPS) is 14.5. The maximum Gasteiger partial charge on any atom is 0.225 e. The van der Waals surface area contributed by atoms with E-state index in [0.717, 1.165) is 78.6 Å². The van der Waals surface area contributed by atoms with E-state index in [1.165, 1.54) is 5.56 Å². The molecule has 0 radical (unpaired) electrons. The second kappa shape index (κ2) is 9.95. The van der Waals surface area contributed by atoms with Crippen molar-refractivity contribution in [2.24, 2.45) is 0 Å². The van der Waals surface area contributed by atoms with E-state index in [-0.39, 0.29) is 0 Å². The topological polar surface area (TPSA) is 57.2 Å². The van der Waals surface area contributed by atoms with E-state index in [9.17, 15) is 0 Å². The van der Waals surface area contributed by atoms with Gasteiger partial charge >= 0.3 is 0 Å². The van der Waals surface area contributed by atoms with E-state index in [0.29, 0.717) is 5.02 Å². The van der Waals surface area contributed by atoms with Crippen LogP contribution in [0.25, 0.3) is 10.9 Å². The number of hydrogen-bond donors (Lipinski definition) is 1. The van der Waals surface area contributed by atoms with Gasteiger partial charge in [0, 0.05) is 65.5 Å². The van der Waals surface area contributed by atoms with Crippen LogP contribution in [0.1, 0.15) is 17.0 Å². The Kier molecular flexibility index (Phi) is 6.61. The number of benzene rings is 2. The molecule has 0 bridgehead atoms. The van der Waals surface area contributed by atoms with Crippen LogP contribution in [0.3, 0.4) is 0 Å². The summed E-state index contributed by atoms with van der Waals surface area (Å²) in [6.07, 6.45) is 3.60. The molecule has 34 heavy (non-hydrogen) atoms. The Hall–Kier alpha value is -3.22. The van der Waals surface area contributed by atoms with E-state index in [2.05, 4.69) is 64.4 Å². The van der Waals surface area contributed by atoms with Crippen LogP contribution in [0.15, 0.2) is 60.8 Å². The minimum Gasteiger partial charge on any atom is -0.355 e. The minimum atomic E-state index is 0.690. The number of piperazine rings is 1. The zero-order valence-electron chi connectivity index (χ0n) is 19.6. The van der Waals surface area contributed by atoms with Crippen molar-refractivity contribution in [3.8, 4) is 0 Å². The van der Waals surface area contributed by atoms with Gasteiger partial charge < -0.3 is 15.1 Å². The summed E-state index contributed by atoms with van der Waals surface area (Å²) in [5, 5.41) is 5.29. The first-order valence-electron chi connectivity index (χ1n) is 11.7. The number of anilines is 3. The smallest absolute Gasteiger partial charge is 0.225 e. The largest absolute Gasteiger partial charge is 0.355 e. The molecule has 0 spiro atoms. The van der Waals surface area contributed by atoms with Crippen molar-refractivity contribution in [2.75, 3.05) is 43.4 Å². The summed E-state index contributed by atoms with van der Waals surface area (Å²) < 4.78 is 0. The number of halogens is 1. The number of likely N-dealkylation sites (N-methyl/N-ethyl adjacent to an activating group) is 1. The quantitative estimate of drug-likeness (QED) is 0.412. The lowest BCUT2D eigenvalue weighted by Gasteiger charge is -2.32. The number of hydrogen-bond acceptors (Lipinski definition) is 6. The number of pyridine rings is 1. The number of nitrogens with one attached hydrogen (secondary N) is 1. The Balaban J connectivity index is 1.29. The molecule has 4 aromatic rings. The van der Waals surface area contributed by atoms with Gasteiger partial charge in [0.15, 0.2) is 0 Å². The third kappa shape index (κ3) is 5.29. The standard InChI is InChI=1S/C27H29ClN6/c1-19-16-23(32-27(30-19)34-14-12-33(2)13-15-34)8-6-20-4-3-5-22(17-20)31-25-10-11-29-26-18-21(28)7-9-24(25)26/h3-5,7,9-11,16-18H,6,8,12-15H2,1-2H3,(H,29,31). The molecule has 6 nitrogen and oxygen atoms in total. The Morgan fingerprint density at radius 2 is 1.79 bits per heavy atom. The fourth-order valence-corrected chi connectivity index (χ4v) is 4.52. The van der Waals surface area contributed by atoms with E-state index >= 15 is 0 Å². The van der Waals surface area contributed by atoms with Crippen LogP contribution >= 0.6 is 11.6 Å². The van der Waals surface area contributed by atoms with Crippen molar-refractivity contribution < 1.29 is 0 Å². The lowest BCUT2D eigenvalue weighted by Crippen LogP contribution is -2.45. The fourth-order valence-electron chi connectivity index (χ4n) is 4.36. The molecule has 0 amide bonds. The van der Waals surface area contributed by atoms with E-state index < -0.39 is 0 Å². The number of rotatable bonds is 6. The molecule has 2 aromatic heterocycles. The number of aryl methyl sites for hydroxylation is 3. The van der Waals surface area contributed by atoms with Gasteiger partial charge in [-0.2, -0.15) is 0 Å². The van der Waals surface area contributed by atoms with Crippen molar-refractivity contribution in [2.45, 2.75) is 19.8 Å². The molecule has 0 saturated carbocycles. The van der Waals surface area contributed by atoms with Crippen LogP contribution in [0.5, 0.6) is 0 Å². The van der Waals surface area contributed by atoms with Gasteiger partial charge in [-0.05, 0) is 74.8 Å². The van der Waals surface area contributed by atoms with Crippen LogP contribution in [0.4, 0.5) is 17.3 Å². The molecular formula is C27H29ClN6. The molecule has 174 valence electrons. The van der Waals surface area contributed by atoms with E-state index in [1.807, 2.05) is 24.3 Å². The number of fused-ring (bicyclic) bond motifs is 1. The predicted octanol–water partition coefficient (Wildman–Crippen LogP) is 5.27. The summed E-state index contributed by atoms with van der Waals surface area (Å²) in [5.74, 6) is 0.864. The molecule has 1 aliphatic heterocycles. The molecule has 1 aliphatic rings. The van der Waals surface area contributed by atoms with Crippen molar-refractivity contribution in [1.82, 2.24) is 19.9 Å². The number of nitrogens with zero attached hydrogens (tertiary/aromatic N) is 5. The molecule has 0 aliphatic carbocycles. The minimum absolute atomic E-state index is 0.690. The zero-order chi connectivity index (χ0) is 23.5. The van der Waals surface area contributed by atoms with Gasteiger partial charge in [0.05, 0.1) is 5.52 Å². The highest BCUT2D eigenvalue weighted by Gasteiger charge is 2.17. The Bertz CT molecular complexity index is 1300. The van der Waals surface area contributed by atoms with Gasteiger partial charge in [0.2, 0.25) is 5.95 Å². The van der Waals surface area contributed by atoms with Crippen molar-refractivity contribution in [3.05, 3.63) is 82.8 Å². The summed E-state index contributed by atoms with van der Waals surface area (Å²) in [4.78, 5) is 18.7. The van der Waals surface area contributed by atoms with E-state index in [1.54, 1.807) is 6.20 Å². The average molecular weight is 473 g/mol. The van der Waals surface area contributed by atoms with Gasteiger partial charge in [0.25, 0.3) is 0 Å². The molecule has 0 atom stereocenters. The molecule has 5 rings (SSSR count). The summed E-state index contributed by atoms with van der Waals surface area (Å²) in [6, 6.07) is 18.5. The first-order valence-corrected chi connectivity index (χ1v) is 12.1. The molecule has 2 aromatic carbocycles. The second-order valence-corrected chi connectivity index (χ2v) is 9.37. The number of aromatic nitrogens is 3. The van der Waals surface area contributed by atoms with Gasteiger partial charge in [-0.25, -0.2) is 9.97 Å². The fraction of sp³-hybridized carbons (Fsp3) is 0.296. The zero-order valence-corrected chi connectivity index (χ0v) is 20.4. The molecule has 0 unspecified atom stereocenters. The average Bonchev–Trinajstić information content (AvgIpc) is 2.83. The molecule has 1 N–H and O–H groups in total. The lowest BCUT2D eigenvalue weighted by molar-refractivity contribution is 0.311. The van der Waals surface area contributed by atoms with Gasteiger partial charge in [-0.1, -0.05) is 23.7 Å². The highest BCUT2D eigenvalue weighted by Crippen LogP contribution is 2.27. The lowest BCUT2D eigenvalue weighted by atomic mass is 10.1. The van der Waals surface area contributed by atoms with Gasteiger partial charge in [-0.15, -0.1) is 0 Å². The summed E-state index contributed by atoms with van der Waals surface area (Å²) in [7, 11) is 2.16. The van der Waals surface area contributed by atoms with Crippen LogP contribution in [-0.4, -0.2) is 53.1 Å². The highest BCUT2D eigenvalue weighted by molar-refractivity contribution is 6.31. The first-order chi connectivity index (χ1) is 16.5. The molecule has 3 heterocycles. The van der Waals surface area contributed by atoms with Crippen LogP contribution in [0.2, 0.25) is 5.02 Å². The Morgan fingerprint density at radius 3 is 2.65 bits per heavy atom. The maximum absolute atomic E-state index is 6.13. The van der Waals surface area contributed by atoms with Gasteiger partial charge in [-0.3, -0.25) is 4.98 Å². The van der Waals surface area contributed by atoms with Crippen molar-refractivity contribution in [3.63, 3.8) is 0 Å². The van der Waals surface area contributed by atoms with Crippen LogP contribution < -0.4 is 10.2 Å². The summed E-state index contributed by atoms with van der Waals surface area (Å²) in [5.41, 5.74) is 6.34. The van der Waals surface area contributed by atoms with Crippen LogP contribution in [0, 0.1) is 6.92 Å². The Labute approximate surface area is 205 Å². The third-order valence-corrected chi connectivity index (χ3v) is 6.50. The monoisotopic (exact) mass is 472 g/mol. The van der Waals surface area contributed by atoms with Gasteiger partial charge in [0.1, 0.15) is 0 Å². The SMILES string of the molecule is Cc1cc(CCc2cccc(Nc3ccnc4cc(Cl)ccc34)c2)nc(N2CCN(C)CC2)n1.